The van der Waals surface area contributed by atoms with Gasteiger partial charge < -0.3 is 4.90 Å². The summed E-state index contributed by atoms with van der Waals surface area (Å²) >= 11 is 0. The lowest BCUT2D eigenvalue weighted by Gasteiger charge is -2.08. The Morgan fingerprint density at radius 3 is 2.24 bits per heavy atom. The van der Waals surface area contributed by atoms with E-state index in [-0.39, 0.29) is 5.71 Å². The number of nitrogens with zero attached hydrogens (tertiary/aromatic N) is 4. The molecule has 0 N–H and O–H groups in total. The summed E-state index contributed by atoms with van der Waals surface area (Å²) in [5, 5.41) is 17.4. The average Bonchev–Trinajstić information content (AvgIpc) is 2.35. The molecule has 1 aromatic rings. The Labute approximate surface area is 101 Å². The van der Waals surface area contributed by atoms with Crippen LogP contribution < -0.4 is 0 Å². The predicted octanol–water partition coefficient (Wildman–Crippen LogP) is 2.03. The third-order valence-corrected chi connectivity index (χ3v) is 1.89. The standard InChI is InChI=1S/C13H12N4/c1-17(2)10-13(16-12(8-14)9-15)11-6-4-3-5-7-11/h3-7,10H,1-2H3/b13-10+. The quantitative estimate of drug-likeness (QED) is 0.738. The van der Waals surface area contributed by atoms with Crippen molar-refractivity contribution >= 4 is 11.4 Å². The van der Waals surface area contributed by atoms with Crippen LogP contribution >= 0.6 is 0 Å². The van der Waals surface area contributed by atoms with Crippen LogP contribution in [0.1, 0.15) is 5.56 Å². The van der Waals surface area contributed by atoms with Crippen molar-refractivity contribution in [3.63, 3.8) is 0 Å². The first-order valence-electron chi connectivity index (χ1n) is 5.00. The number of aliphatic imine (C=N–C) groups is 1. The van der Waals surface area contributed by atoms with Crippen LogP contribution in [0.25, 0.3) is 5.70 Å². The monoisotopic (exact) mass is 224 g/mol. The number of nitriles is 2. The van der Waals surface area contributed by atoms with Crippen LogP contribution in [-0.2, 0) is 0 Å². The van der Waals surface area contributed by atoms with E-state index in [4.69, 9.17) is 10.5 Å². The summed E-state index contributed by atoms with van der Waals surface area (Å²) in [6.07, 6.45) is 1.77. The zero-order valence-corrected chi connectivity index (χ0v) is 9.75. The molecule has 1 rings (SSSR count). The van der Waals surface area contributed by atoms with Gasteiger partial charge in [0.15, 0.2) is 0 Å². The lowest BCUT2D eigenvalue weighted by molar-refractivity contribution is 0.565. The fraction of sp³-hybridized carbons (Fsp3) is 0.154. The highest BCUT2D eigenvalue weighted by molar-refractivity contribution is 6.12. The van der Waals surface area contributed by atoms with Gasteiger partial charge in [0.05, 0.1) is 5.70 Å². The van der Waals surface area contributed by atoms with Gasteiger partial charge in [0, 0.05) is 25.9 Å². The van der Waals surface area contributed by atoms with Crippen LogP contribution in [0.5, 0.6) is 0 Å². The molecule has 0 heterocycles. The van der Waals surface area contributed by atoms with E-state index in [1.807, 2.05) is 49.3 Å². The molecule has 0 aliphatic rings. The van der Waals surface area contributed by atoms with E-state index >= 15 is 0 Å². The third-order valence-electron chi connectivity index (χ3n) is 1.89. The van der Waals surface area contributed by atoms with Crippen molar-refractivity contribution in [1.29, 1.82) is 10.5 Å². The van der Waals surface area contributed by atoms with E-state index in [9.17, 15) is 0 Å². The minimum atomic E-state index is -0.151. The van der Waals surface area contributed by atoms with E-state index in [1.165, 1.54) is 0 Å². The maximum atomic E-state index is 8.71. The van der Waals surface area contributed by atoms with Gasteiger partial charge in [0.25, 0.3) is 0 Å². The second-order valence-corrected chi connectivity index (χ2v) is 3.53. The summed E-state index contributed by atoms with van der Waals surface area (Å²) in [6.45, 7) is 0. The van der Waals surface area contributed by atoms with E-state index in [1.54, 1.807) is 18.3 Å². The normalized spacial score (nSPS) is 10.0. The second-order valence-electron chi connectivity index (χ2n) is 3.53. The largest absolute Gasteiger partial charge is 0.382 e. The lowest BCUT2D eigenvalue weighted by atomic mass is 10.1. The maximum absolute atomic E-state index is 8.71. The molecule has 1 aromatic carbocycles. The number of rotatable bonds is 3. The molecule has 17 heavy (non-hydrogen) atoms. The zero-order chi connectivity index (χ0) is 12.7. The van der Waals surface area contributed by atoms with Crippen molar-refractivity contribution in [2.24, 2.45) is 4.99 Å². The molecule has 0 unspecified atom stereocenters. The molecule has 0 aliphatic heterocycles. The third kappa shape index (κ3) is 3.81. The van der Waals surface area contributed by atoms with Gasteiger partial charge in [0.1, 0.15) is 12.1 Å². The molecule has 4 heteroatoms. The van der Waals surface area contributed by atoms with Gasteiger partial charge in [-0.2, -0.15) is 10.5 Å². The summed E-state index contributed by atoms with van der Waals surface area (Å²) < 4.78 is 0. The van der Waals surface area contributed by atoms with E-state index in [2.05, 4.69) is 4.99 Å². The molecule has 0 spiro atoms. The molecule has 4 nitrogen and oxygen atoms in total. The molecule has 0 saturated carbocycles. The fourth-order valence-electron chi connectivity index (χ4n) is 1.22. The Morgan fingerprint density at radius 2 is 1.76 bits per heavy atom. The molecule has 0 bridgehead atoms. The Hall–Kier alpha value is -2.59. The lowest BCUT2D eigenvalue weighted by Crippen LogP contribution is -2.03. The van der Waals surface area contributed by atoms with Crippen LogP contribution in [0.4, 0.5) is 0 Å². The highest BCUT2D eigenvalue weighted by Gasteiger charge is 2.02. The molecule has 0 aliphatic carbocycles. The summed E-state index contributed by atoms with van der Waals surface area (Å²) in [7, 11) is 3.72. The Morgan fingerprint density at radius 1 is 1.18 bits per heavy atom. The van der Waals surface area contributed by atoms with Gasteiger partial charge in [-0.25, -0.2) is 4.99 Å². The summed E-state index contributed by atoms with van der Waals surface area (Å²) in [4.78, 5) is 5.85. The molecule has 0 aromatic heterocycles. The Kier molecular flexibility index (Phi) is 4.47. The number of benzene rings is 1. The molecule has 0 fully saturated rings. The molecule has 0 atom stereocenters. The van der Waals surface area contributed by atoms with Gasteiger partial charge in [-0.15, -0.1) is 0 Å². The van der Waals surface area contributed by atoms with Gasteiger partial charge in [0.2, 0.25) is 5.71 Å². The SMILES string of the molecule is CN(C)/C=C(/N=C(C#N)C#N)c1ccccc1. The molecule has 84 valence electrons. The highest BCUT2D eigenvalue weighted by Crippen LogP contribution is 2.16. The van der Waals surface area contributed by atoms with Gasteiger partial charge in [-0.3, -0.25) is 0 Å². The van der Waals surface area contributed by atoms with Gasteiger partial charge in [-0.1, -0.05) is 30.3 Å². The highest BCUT2D eigenvalue weighted by atomic mass is 15.0. The average molecular weight is 224 g/mol. The van der Waals surface area contributed by atoms with E-state index in [0.717, 1.165) is 5.56 Å². The van der Waals surface area contributed by atoms with Crippen LogP contribution in [0.15, 0.2) is 41.5 Å². The van der Waals surface area contributed by atoms with Crippen LogP contribution in [0.3, 0.4) is 0 Å². The summed E-state index contributed by atoms with van der Waals surface area (Å²) in [5.41, 5.74) is 1.31. The van der Waals surface area contributed by atoms with Gasteiger partial charge in [-0.05, 0) is 0 Å². The van der Waals surface area contributed by atoms with Crippen molar-refractivity contribution in [3.05, 3.63) is 42.1 Å². The van der Waals surface area contributed by atoms with E-state index < -0.39 is 0 Å². The first-order chi connectivity index (χ1) is 8.17. The van der Waals surface area contributed by atoms with Gasteiger partial charge >= 0.3 is 0 Å². The predicted molar refractivity (Wildman–Crippen MR) is 66.8 cm³/mol. The van der Waals surface area contributed by atoms with Crippen LogP contribution in [0.2, 0.25) is 0 Å². The van der Waals surface area contributed by atoms with Crippen LogP contribution in [0, 0.1) is 22.7 Å². The first-order valence-corrected chi connectivity index (χ1v) is 5.00. The molecule has 0 radical (unpaired) electrons. The van der Waals surface area contributed by atoms with E-state index in [0.29, 0.717) is 5.70 Å². The Bertz CT molecular complexity index is 497. The van der Waals surface area contributed by atoms with Crippen molar-refractivity contribution < 1.29 is 0 Å². The molecule has 0 saturated heterocycles. The Balaban J connectivity index is 3.22. The van der Waals surface area contributed by atoms with Crippen molar-refractivity contribution in [2.45, 2.75) is 0 Å². The summed E-state index contributed by atoms with van der Waals surface area (Å²) in [6, 6.07) is 12.9. The van der Waals surface area contributed by atoms with Crippen molar-refractivity contribution in [3.8, 4) is 12.1 Å². The minimum absolute atomic E-state index is 0.151. The smallest absolute Gasteiger partial charge is 0.218 e. The molecular weight excluding hydrogens is 212 g/mol. The topological polar surface area (TPSA) is 63.2 Å². The van der Waals surface area contributed by atoms with Crippen molar-refractivity contribution in [2.75, 3.05) is 14.1 Å². The summed E-state index contributed by atoms with van der Waals surface area (Å²) in [5.74, 6) is 0. The zero-order valence-electron chi connectivity index (χ0n) is 9.75. The van der Waals surface area contributed by atoms with Crippen LogP contribution in [-0.4, -0.2) is 24.7 Å². The number of hydrogen-bond donors (Lipinski definition) is 0. The first kappa shape index (κ1) is 12.5. The maximum Gasteiger partial charge on any atom is 0.218 e. The molecular formula is C13H12N4. The second kappa shape index (κ2) is 6.09. The van der Waals surface area contributed by atoms with Crippen molar-refractivity contribution in [1.82, 2.24) is 4.90 Å². The molecule has 0 amide bonds. The fourth-order valence-corrected chi connectivity index (χ4v) is 1.22. The minimum Gasteiger partial charge on any atom is -0.382 e. The number of hydrogen-bond acceptors (Lipinski definition) is 4.